The SMILES string of the molecule is COCCOc1cc(S(=O)(=O)c2ccccc2)cc2c3c(n(C)c12)CC1CCC3N1.Cl. The van der Waals surface area contributed by atoms with Crippen LogP contribution in [0.4, 0.5) is 0 Å². The molecule has 6 nitrogen and oxygen atoms in total. The summed E-state index contributed by atoms with van der Waals surface area (Å²) < 4.78 is 40.1. The van der Waals surface area contributed by atoms with Crippen molar-refractivity contribution in [3.05, 3.63) is 53.7 Å². The second-order valence-electron chi connectivity index (χ2n) is 8.09. The summed E-state index contributed by atoms with van der Waals surface area (Å²) in [4.78, 5) is 0.554. The minimum Gasteiger partial charge on any atom is -0.489 e. The summed E-state index contributed by atoms with van der Waals surface area (Å²) in [6.07, 6.45) is 3.18. The van der Waals surface area contributed by atoms with Crippen LogP contribution in [0, 0.1) is 0 Å². The molecule has 2 aromatic carbocycles. The Morgan fingerprint density at radius 2 is 1.87 bits per heavy atom. The van der Waals surface area contributed by atoms with Crippen molar-refractivity contribution in [1.29, 1.82) is 0 Å². The first-order valence-corrected chi connectivity index (χ1v) is 11.8. The predicted octanol–water partition coefficient (Wildman–Crippen LogP) is 3.81. The largest absolute Gasteiger partial charge is 0.489 e. The maximum atomic E-state index is 13.4. The van der Waals surface area contributed by atoms with Crippen LogP contribution >= 0.6 is 12.4 Å². The number of aryl methyl sites for hydroxylation is 1. The standard InChI is InChI=1S/C23H26N2O4S.ClH/c1-25-20-12-15-8-9-19(24-15)22(20)18-13-17(14-21(23(18)25)29-11-10-28-2)30(26,27)16-6-4-3-5-7-16;/h3-7,13-15,19,24H,8-12H2,1-2H3;1H. The minimum atomic E-state index is -3.66. The Balaban J connectivity index is 0.00000231. The van der Waals surface area contributed by atoms with E-state index >= 15 is 0 Å². The average molecular weight is 463 g/mol. The second kappa shape index (κ2) is 8.47. The number of sulfone groups is 1. The van der Waals surface area contributed by atoms with Gasteiger partial charge < -0.3 is 19.4 Å². The number of halogens is 1. The van der Waals surface area contributed by atoms with Crippen molar-refractivity contribution in [1.82, 2.24) is 9.88 Å². The molecule has 0 aliphatic carbocycles. The van der Waals surface area contributed by atoms with E-state index in [-0.39, 0.29) is 28.2 Å². The Labute approximate surface area is 188 Å². The van der Waals surface area contributed by atoms with E-state index in [9.17, 15) is 8.42 Å². The summed E-state index contributed by atoms with van der Waals surface area (Å²) in [5.41, 5.74) is 3.46. The van der Waals surface area contributed by atoms with E-state index in [1.54, 1.807) is 37.4 Å². The fraction of sp³-hybridized carbons (Fsp3) is 0.391. The van der Waals surface area contributed by atoms with Gasteiger partial charge in [-0.15, -0.1) is 12.4 Å². The summed E-state index contributed by atoms with van der Waals surface area (Å²) in [5, 5.41) is 4.66. The molecule has 0 saturated carbocycles. The van der Waals surface area contributed by atoms with Crippen LogP contribution in [-0.2, 0) is 28.0 Å². The fourth-order valence-electron chi connectivity index (χ4n) is 4.92. The van der Waals surface area contributed by atoms with E-state index in [2.05, 4.69) is 16.9 Å². The highest BCUT2D eigenvalue weighted by Crippen LogP contribution is 2.45. The molecule has 3 heterocycles. The van der Waals surface area contributed by atoms with Crippen LogP contribution in [0.1, 0.15) is 30.1 Å². The predicted molar refractivity (Wildman–Crippen MR) is 122 cm³/mol. The topological polar surface area (TPSA) is 69.6 Å². The second-order valence-corrected chi connectivity index (χ2v) is 10.0. The smallest absolute Gasteiger partial charge is 0.206 e. The molecule has 0 amide bonds. The summed E-state index contributed by atoms with van der Waals surface area (Å²) in [7, 11) is 0.0244. The van der Waals surface area contributed by atoms with Gasteiger partial charge in [0.1, 0.15) is 12.4 Å². The lowest BCUT2D eigenvalue weighted by Gasteiger charge is -2.23. The molecular weight excluding hydrogens is 436 g/mol. The lowest BCUT2D eigenvalue weighted by molar-refractivity contribution is 0.147. The number of rotatable bonds is 6. The van der Waals surface area contributed by atoms with Gasteiger partial charge in [0, 0.05) is 49.8 Å². The third-order valence-corrected chi connectivity index (χ3v) is 8.08. The molecule has 1 saturated heterocycles. The Morgan fingerprint density at radius 1 is 1.10 bits per heavy atom. The number of aromatic nitrogens is 1. The Hall–Kier alpha value is -2.06. The lowest BCUT2D eigenvalue weighted by Crippen LogP contribution is -2.32. The van der Waals surface area contributed by atoms with Crippen molar-refractivity contribution in [2.45, 2.75) is 41.1 Å². The van der Waals surface area contributed by atoms with Crippen LogP contribution in [0.3, 0.4) is 0 Å². The Kier molecular flexibility index (Phi) is 6.05. The molecule has 2 atom stereocenters. The number of hydrogen-bond donors (Lipinski definition) is 1. The number of nitrogens with zero attached hydrogens (tertiary/aromatic N) is 1. The molecular formula is C23H27ClN2O4S. The van der Waals surface area contributed by atoms with Crippen LogP contribution in [0.2, 0.25) is 0 Å². The molecule has 31 heavy (non-hydrogen) atoms. The van der Waals surface area contributed by atoms with Gasteiger partial charge in [-0.25, -0.2) is 8.42 Å². The van der Waals surface area contributed by atoms with Gasteiger partial charge in [-0.3, -0.25) is 0 Å². The molecule has 0 radical (unpaired) electrons. The van der Waals surface area contributed by atoms with Gasteiger partial charge in [0.25, 0.3) is 0 Å². The molecule has 1 aromatic heterocycles. The lowest BCUT2D eigenvalue weighted by atomic mass is 9.99. The zero-order valence-electron chi connectivity index (χ0n) is 17.6. The molecule has 8 heteroatoms. The number of methoxy groups -OCH3 is 1. The molecule has 166 valence electrons. The monoisotopic (exact) mass is 462 g/mol. The molecule has 3 aromatic rings. The van der Waals surface area contributed by atoms with Crippen molar-refractivity contribution < 1.29 is 17.9 Å². The highest BCUT2D eigenvalue weighted by molar-refractivity contribution is 7.91. The highest BCUT2D eigenvalue weighted by atomic mass is 35.5. The van der Waals surface area contributed by atoms with Gasteiger partial charge in [-0.2, -0.15) is 0 Å². The number of fused-ring (bicyclic) bond motifs is 6. The summed E-state index contributed by atoms with van der Waals surface area (Å²) in [5.74, 6) is 0.590. The van der Waals surface area contributed by atoms with E-state index in [0.29, 0.717) is 25.0 Å². The first-order valence-electron chi connectivity index (χ1n) is 10.3. The Bertz CT molecular complexity index is 1210. The molecule has 2 unspecified atom stereocenters. The third kappa shape index (κ3) is 3.63. The minimum absolute atomic E-state index is 0. The average Bonchev–Trinajstić information content (AvgIpc) is 3.27. The van der Waals surface area contributed by atoms with Crippen LogP contribution in [0.25, 0.3) is 10.9 Å². The molecule has 1 fully saturated rings. The maximum Gasteiger partial charge on any atom is 0.206 e. The molecule has 5 rings (SSSR count). The zero-order valence-corrected chi connectivity index (χ0v) is 19.3. The first-order chi connectivity index (χ1) is 14.5. The van der Waals surface area contributed by atoms with E-state index in [1.165, 1.54) is 11.3 Å². The van der Waals surface area contributed by atoms with Crippen LogP contribution in [0.15, 0.2) is 52.3 Å². The van der Waals surface area contributed by atoms with Gasteiger partial charge in [0.15, 0.2) is 0 Å². The molecule has 1 N–H and O–H groups in total. The van der Waals surface area contributed by atoms with E-state index in [0.717, 1.165) is 30.2 Å². The van der Waals surface area contributed by atoms with Crippen molar-refractivity contribution in [3.8, 4) is 5.75 Å². The fourth-order valence-corrected chi connectivity index (χ4v) is 6.24. The van der Waals surface area contributed by atoms with Crippen molar-refractivity contribution in [2.75, 3.05) is 20.3 Å². The van der Waals surface area contributed by atoms with Gasteiger partial charge in [-0.1, -0.05) is 18.2 Å². The van der Waals surface area contributed by atoms with Crippen molar-refractivity contribution >= 4 is 33.1 Å². The van der Waals surface area contributed by atoms with E-state index in [1.807, 2.05) is 12.1 Å². The van der Waals surface area contributed by atoms with E-state index < -0.39 is 9.84 Å². The van der Waals surface area contributed by atoms with Gasteiger partial charge in [0.05, 0.1) is 21.9 Å². The van der Waals surface area contributed by atoms with Crippen LogP contribution in [0.5, 0.6) is 5.75 Å². The van der Waals surface area contributed by atoms with Crippen molar-refractivity contribution in [2.24, 2.45) is 7.05 Å². The van der Waals surface area contributed by atoms with Crippen LogP contribution < -0.4 is 10.1 Å². The number of hydrogen-bond acceptors (Lipinski definition) is 5. The van der Waals surface area contributed by atoms with Gasteiger partial charge in [-0.05, 0) is 36.6 Å². The normalized spacial score (nSPS) is 19.8. The van der Waals surface area contributed by atoms with Gasteiger partial charge in [0.2, 0.25) is 9.84 Å². The quantitative estimate of drug-likeness (QED) is 0.564. The summed E-state index contributed by atoms with van der Waals surface area (Å²) >= 11 is 0. The van der Waals surface area contributed by atoms with E-state index in [4.69, 9.17) is 9.47 Å². The molecule has 2 aliphatic rings. The maximum absolute atomic E-state index is 13.4. The summed E-state index contributed by atoms with van der Waals surface area (Å²) in [6.45, 7) is 0.800. The Morgan fingerprint density at radius 3 is 2.61 bits per heavy atom. The third-order valence-electron chi connectivity index (χ3n) is 6.33. The molecule has 0 spiro atoms. The number of nitrogens with one attached hydrogen (secondary N) is 1. The highest BCUT2D eigenvalue weighted by Gasteiger charge is 2.37. The number of ether oxygens (including phenoxy) is 2. The first kappa shape index (κ1) is 22.1. The van der Waals surface area contributed by atoms with Gasteiger partial charge >= 0.3 is 0 Å². The molecule has 2 bridgehead atoms. The van der Waals surface area contributed by atoms with Crippen LogP contribution in [-0.4, -0.2) is 39.4 Å². The number of benzene rings is 2. The zero-order chi connectivity index (χ0) is 20.9. The van der Waals surface area contributed by atoms with Crippen molar-refractivity contribution in [3.63, 3.8) is 0 Å². The molecule has 2 aliphatic heterocycles. The summed E-state index contributed by atoms with van der Waals surface area (Å²) in [6, 6.07) is 12.8.